The number of hydrazone groups is 1. The van der Waals surface area contributed by atoms with E-state index in [9.17, 15) is 0 Å². The van der Waals surface area contributed by atoms with E-state index < -0.39 is 0 Å². The van der Waals surface area contributed by atoms with E-state index in [1.54, 1.807) is 0 Å². The molecule has 1 unspecified atom stereocenters. The summed E-state index contributed by atoms with van der Waals surface area (Å²) in [4.78, 5) is 0. The third-order valence-corrected chi connectivity index (χ3v) is 2.73. The molecule has 1 atom stereocenters. The van der Waals surface area contributed by atoms with Gasteiger partial charge in [-0.15, -0.1) is 0 Å². The van der Waals surface area contributed by atoms with Crippen LogP contribution in [0.5, 0.6) is 0 Å². The summed E-state index contributed by atoms with van der Waals surface area (Å²) in [5, 5.41) is 13.1. The van der Waals surface area contributed by atoms with E-state index in [4.69, 9.17) is 5.26 Å². The summed E-state index contributed by atoms with van der Waals surface area (Å²) in [7, 11) is 0. The molecule has 3 nitrogen and oxygen atoms in total. The smallest absolute Gasteiger partial charge is 0.195 e. The molecule has 0 fully saturated rings. The Kier molecular flexibility index (Phi) is 2.19. The lowest BCUT2D eigenvalue weighted by Crippen LogP contribution is -2.05. The molecule has 1 aromatic rings. The fraction of sp³-hybridized carbons (Fsp3) is 0.111. The van der Waals surface area contributed by atoms with Crippen LogP contribution in [0.15, 0.2) is 35.4 Å². The van der Waals surface area contributed by atoms with Crippen molar-refractivity contribution in [2.24, 2.45) is 5.10 Å². The fourth-order valence-electron chi connectivity index (χ4n) is 1.10. The minimum absolute atomic E-state index is 0.0934. The van der Waals surface area contributed by atoms with Crippen LogP contribution in [0.25, 0.3) is 0 Å². The van der Waals surface area contributed by atoms with Gasteiger partial charge in [0.15, 0.2) is 5.04 Å². The minimum Gasteiger partial charge on any atom is -0.290 e. The van der Waals surface area contributed by atoms with Gasteiger partial charge in [-0.3, -0.25) is 5.43 Å². The fourth-order valence-corrected chi connectivity index (χ4v) is 1.88. The van der Waals surface area contributed by atoms with Gasteiger partial charge in [0.2, 0.25) is 0 Å². The molecule has 1 aliphatic rings. The first-order valence-electron chi connectivity index (χ1n) is 3.85. The quantitative estimate of drug-likeness (QED) is 0.733. The Labute approximate surface area is 80.5 Å². The number of nitriles is 1. The van der Waals surface area contributed by atoms with Crippen molar-refractivity contribution in [1.29, 1.82) is 5.26 Å². The zero-order valence-electron chi connectivity index (χ0n) is 6.77. The second-order valence-electron chi connectivity index (χ2n) is 2.57. The Hall–Kier alpha value is -1.47. The summed E-state index contributed by atoms with van der Waals surface area (Å²) >= 11 is 1.44. The summed E-state index contributed by atoms with van der Waals surface area (Å²) in [5.74, 6) is 0. The van der Waals surface area contributed by atoms with Gasteiger partial charge >= 0.3 is 0 Å². The molecule has 2 rings (SSSR count). The first-order valence-corrected chi connectivity index (χ1v) is 4.73. The molecule has 0 bridgehead atoms. The molecule has 1 heterocycles. The molecule has 1 aliphatic heterocycles. The highest BCUT2D eigenvalue weighted by atomic mass is 32.2. The number of nitrogens with one attached hydrogen (secondary N) is 1. The van der Waals surface area contributed by atoms with Gasteiger partial charge in [0.25, 0.3) is 0 Å². The van der Waals surface area contributed by atoms with Crippen LogP contribution in [-0.2, 0) is 0 Å². The first kappa shape index (κ1) is 8.14. The minimum atomic E-state index is 0.0934. The van der Waals surface area contributed by atoms with Crippen LogP contribution in [-0.4, -0.2) is 5.04 Å². The highest BCUT2D eigenvalue weighted by Gasteiger charge is 2.19. The molecule has 0 amide bonds. The molecular formula is C9H7N3S. The van der Waals surface area contributed by atoms with Crippen molar-refractivity contribution in [1.82, 2.24) is 5.43 Å². The van der Waals surface area contributed by atoms with Crippen LogP contribution >= 0.6 is 11.8 Å². The van der Waals surface area contributed by atoms with Crippen LogP contribution in [0.4, 0.5) is 0 Å². The molecule has 4 heteroatoms. The van der Waals surface area contributed by atoms with Gasteiger partial charge in [-0.05, 0) is 5.56 Å². The van der Waals surface area contributed by atoms with Gasteiger partial charge in [-0.1, -0.05) is 42.1 Å². The molecule has 0 saturated heterocycles. The predicted octanol–water partition coefficient (Wildman–Crippen LogP) is 1.86. The number of hydrogen-bond acceptors (Lipinski definition) is 4. The third kappa shape index (κ3) is 1.65. The van der Waals surface area contributed by atoms with Crippen LogP contribution in [0.2, 0.25) is 0 Å². The number of hydrogen-bond donors (Lipinski definition) is 1. The molecule has 0 radical (unpaired) electrons. The van der Waals surface area contributed by atoms with Crippen molar-refractivity contribution in [2.75, 3.05) is 0 Å². The van der Waals surface area contributed by atoms with Crippen LogP contribution in [0, 0.1) is 11.3 Å². The van der Waals surface area contributed by atoms with Gasteiger partial charge in [0.05, 0.1) is 0 Å². The lowest BCUT2D eigenvalue weighted by molar-refractivity contribution is 0.744. The van der Waals surface area contributed by atoms with Gasteiger partial charge in [-0.2, -0.15) is 10.4 Å². The molecule has 1 aromatic carbocycles. The van der Waals surface area contributed by atoms with Crippen LogP contribution in [0.1, 0.15) is 10.9 Å². The molecular weight excluding hydrogens is 182 g/mol. The largest absolute Gasteiger partial charge is 0.290 e. The SMILES string of the molecule is N#CC1=NNC(c2ccccc2)S1. The second-order valence-corrected chi connectivity index (χ2v) is 3.66. The average molecular weight is 189 g/mol. The maximum absolute atomic E-state index is 8.59. The highest BCUT2D eigenvalue weighted by molar-refractivity contribution is 8.14. The van der Waals surface area contributed by atoms with E-state index in [-0.39, 0.29) is 5.37 Å². The zero-order valence-corrected chi connectivity index (χ0v) is 7.58. The first-order chi connectivity index (χ1) is 6.40. The molecule has 1 N–H and O–H groups in total. The maximum atomic E-state index is 8.59. The lowest BCUT2D eigenvalue weighted by atomic mass is 10.2. The van der Waals surface area contributed by atoms with Gasteiger partial charge < -0.3 is 0 Å². The molecule has 0 aromatic heterocycles. The Bertz CT molecular complexity index is 366. The van der Waals surface area contributed by atoms with Crippen molar-refractivity contribution in [3.63, 3.8) is 0 Å². The van der Waals surface area contributed by atoms with E-state index in [0.29, 0.717) is 5.04 Å². The van der Waals surface area contributed by atoms with Gasteiger partial charge in [-0.25, -0.2) is 0 Å². The van der Waals surface area contributed by atoms with Crippen LogP contribution in [0.3, 0.4) is 0 Å². The second kappa shape index (κ2) is 3.50. The maximum Gasteiger partial charge on any atom is 0.195 e. The summed E-state index contributed by atoms with van der Waals surface area (Å²) in [6.45, 7) is 0. The van der Waals surface area contributed by atoms with E-state index in [0.717, 1.165) is 5.56 Å². The third-order valence-electron chi connectivity index (χ3n) is 1.71. The monoisotopic (exact) mass is 189 g/mol. The van der Waals surface area contributed by atoms with E-state index >= 15 is 0 Å². The Morgan fingerprint density at radius 2 is 2.15 bits per heavy atom. The summed E-state index contributed by atoms with van der Waals surface area (Å²) < 4.78 is 0. The highest BCUT2D eigenvalue weighted by Crippen LogP contribution is 2.30. The molecule has 13 heavy (non-hydrogen) atoms. The van der Waals surface area contributed by atoms with E-state index in [1.807, 2.05) is 36.4 Å². The Morgan fingerprint density at radius 1 is 1.38 bits per heavy atom. The number of thioether (sulfide) groups is 1. The molecule has 0 saturated carbocycles. The normalized spacial score (nSPS) is 20.2. The standard InChI is InChI=1S/C9H7N3S/c10-6-8-11-12-9(13-8)7-4-2-1-3-5-7/h1-5,9,12H. The van der Waals surface area contributed by atoms with Gasteiger partial charge in [0, 0.05) is 0 Å². The lowest BCUT2D eigenvalue weighted by Gasteiger charge is -2.07. The van der Waals surface area contributed by atoms with E-state index in [1.165, 1.54) is 11.8 Å². The average Bonchev–Trinajstić information content (AvgIpc) is 2.67. The number of rotatable bonds is 1. The Balaban J connectivity index is 2.12. The topological polar surface area (TPSA) is 48.2 Å². The van der Waals surface area contributed by atoms with E-state index in [2.05, 4.69) is 10.5 Å². The van der Waals surface area contributed by atoms with Crippen LogP contribution < -0.4 is 5.43 Å². The molecule has 0 spiro atoms. The number of nitrogens with zero attached hydrogens (tertiary/aromatic N) is 2. The van der Waals surface area contributed by atoms with Gasteiger partial charge in [0.1, 0.15) is 11.4 Å². The summed E-state index contributed by atoms with van der Waals surface area (Å²) in [5.41, 5.74) is 4.04. The van der Waals surface area contributed by atoms with Crippen molar-refractivity contribution in [3.8, 4) is 6.07 Å². The van der Waals surface area contributed by atoms with Crippen molar-refractivity contribution >= 4 is 16.8 Å². The van der Waals surface area contributed by atoms with Crippen molar-refractivity contribution < 1.29 is 0 Å². The summed E-state index contributed by atoms with van der Waals surface area (Å²) in [6, 6.07) is 12.0. The molecule has 0 aliphatic carbocycles. The van der Waals surface area contributed by atoms with Crippen molar-refractivity contribution in [3.05, 3.63) is 35.9 Å². The number of benzene rings is 1. The summed E-state index contributed by atoms with van der Waals surface area (Å²) in [6.07, 6.45) is 0. The predicted molar refractivity (Wildman–Crippen MR) is 53.0 cm³/mol. The zero-order chi connectivity index (χ0) is 9.10. The Morgan fingerprint density at radius 3 is 2.77 bits per heavy atom. The van der Waals surface area contributed by atoms with Crippen molar-refractivity contribution in [2.45, 2.75) is 5.37 Å². The molecule has 64 valence electrons.